The van der Waals surface area contributed by atoms with E-state index in [4.69, 9.17) is 10.5 Å². The van der Waals surface area contributed by atoms with Gasteiger partial charge in [0.2, 0.25) is 0 Å². The van der Waals surface area contributed by atoms with Gasteiger partial charge >= 0.3 is 5.97 Å². The monoisotopic (exact) mass is 237 g/mol. The van der Waals surface area contributed by atoms with Gasteiger partial charge in [0.1, 0.15) is 12.4 Å². The summed E-state index contributed by atoms with van der Waals surface area (Å²) in [7, 11) is 0. The molecule has 3 nitrogen and oxygen atoms in total. The van der Waals surface area contributed by atoms with E-state index in [1.165, 1.54) is 6.07 Å². The molecule has 4 heteroatoms. The van der Waals surface area contributed by atoms with E-state index in [2.05, 4.69) is 0 Å². The van der Waals surface area contributed by atoms with E-state index < -0.39 is 5.41 Å². The fourth-order valence-corrected chi connectivity index (χ4v) is 2.01. The van der Waals surface area contributed by atoms with Crippen LogP contribution in [0.4, 0.5) is 4.39 Å². The van der Waals surface area contributed by atoms with Gasteiger partial charge in [0.25, 0.3) is 0 Å². The van der Waals surface area contributed by atoms with Crippen molar-refractivity contribution in [1.82, 2.24) is 0 Å². The molecule has 0 atom stereocenters. The van der Waals surface area contributed by atoms with Gasteiger partial charge in [0, 0.05) is 12.1 Å². The molecule has 92 valence electrons. The number of ether oxygens (including phenoxy) is 1. The third-order valence-corrected chi connectivity index (χ3v) is 3.45. The number of hydrogen-bond acceptors (Lipinski definition) is 3. The Morgan fingerprint density at radius 2 is 2.12 bits per heavy atom. The second-order valence-corrected chi connectivity index (χ2v) is 4.51. The Balaban J connectivity index is 1.95. The molecule has 0 unspecified atom stereocenters. The summed E-state index contributed by atoms with van der Waals surface area (Å²) in [6.45, 7) is 0.288. The third-order valence-electron chi connectivity index (χ3n) is 3.45. The molecule has 0 aromatic heterocycles. The van der Waals surface area contributed by atoms with Crippen LogP contribution in [0.1, 0.15) is 24.8 Å². The van der Waals surface area contributed by atoms with Gasteiger partial charge < -0.3 is 10.5 Å². The summed E-state index contributed by atoms with van der Waals surface area (Å²) in [6, 6.07) is 6.28. The summed E-state index contributed by atoms with van der Waals surface area (Å²) < 4.78 is 18.4. The van der Waals surface area contributed by atoms with Crippen LogP contribution in [-0.4, -0.2) is 12.5 Å². The lowest BCUT2D eigenvalue weighted by atomic mass is 9.69. The zero-order chi connectivity index (χ0) is 12.3. The van der Waals surface area contributed by atoms with E-state index in [1.54, 1.807) is 18.2 Å². The molecule has 0 bridgehead atoms. The van der Waals surface area contributed by atoms with Crippen LogP contribution in [0, 0.1) is 11.2 Å². The number of carbonyl (C=O) groups is 1. The molecular formula is C13H16FNO2. The molecule has 1 saturated carbocycles. The molecule has 0 spiro atoms. The van der Waals surface area contributed by atoms with Crippen LogP contribution in [0.25, 0.3) is 0 Å². The molecule has 1 aliphatic carbocycles. The minimum atomic E-state index is -0.509. The minimum absolute atomic E-state index is 0.0206. The molecular weight excluding hydrogens is 221 g/mol. The number of nitrogens with two attached hydrogens (primary N) is 1. The highest BCUT2D eigenvalue weighted by Crippen LogP contribution is 2.41. The van der Waals surface area contributed by atoms with Gasteiger partial charge in [-0.15, -0.1) is 0 Å². The Morgan fingerprint density at radius 3 is 2.65 bits per heavy atom. The summed E-state index contributed by atoms with van der Waals surface area (Å²) in [5, 5.41) is 0. The first-order valence-corrected chi connectivity index (χ1v) is 5.79. The lowest BCUT2D eigenvalue weighted by Crippen LogP contribution is -2.45. The predicted molar refractivity (Wildman–Crippen MR) is 61.5 cm³/mol. The SMILES string of the molecule is NCC1(C(=O)OCc2ccccc2F)CCC1. The number of benzene rings is 1. The third kappa shape index (κ3) is 2.31. The van der Waals surface area contributed by atoms with Crippen molar-refractivity contribution in [1.29, 1.82) is 0 Å². The highest BCUT2D eigenvalue weighted by molar-refractivity contribution is 5.78. The summed E-state index contributed by atoms with van der Waals surface area (Å²) in [5.74, 6) is -0.648. The second-order valence-electron chi connectivity index (χ2n) is 4.51. The van der Waals surface area contributed by atoms with Crippen LogP contribution < -0.4 is 5.73 Å². The van der Waals surface area contributed by atoms with Crippen molar-refractivity contribution < 1.29 is 13.9 Å². The maximum absolute atomic E-state index is 13.3. The first-order chi connectivity index (χ1) is 8.18. The molecule has 0 amide bonds. The standard InChI is InChI=1S/C13H16FNO2/c14-11-5-2-1-4-10(11)8-17-12(16)13(9-15)6-3-7-13/h1-2,4-5H,3,6-9,15H2. The molecule has 17 heavy (non-hydrogen) atoms. The summed E-state index contributed by atoms with van der Waals surface area (Å²) in [5.41, 5.74) is 5.48. The number of rotatable bonds is 4. The average Bonchev–Trinajstić information content (AvgIpc) is 2.27. The molecule has 1 aromatic rings. The van der Waals surface area contributed by atoms with Gasteiger partial charge in [-0.1, -0.05) is 24.6 Å². The van der Waals surface area contributed by atoms with Crippen molar-refractivity contribution in [2.45, 2.75) is 25.9 Å². The van der Waals surface area contributed by atoms with Gasteiger partial charge in [-0.3, -0.25) is 4.79 Å². The van der Waals surface area contributed by atoms with Gasteiger partial charge in [0.15, 0.2) is 0 Å². The minimum Gasteiger partial charge on any atom is -0.460 e. The smallest absolute Gasteiger partial charge is 0.313 e. The molecule has 0 heterocycles. The van der Waals surface area contributed by atoms with Gasteiger partial charge in [-0.05, 0) is 18.9 Å². The number of esters is 1. The Kier molecular flexibility index (Phi) is 3.43. The second kappa shape index (κ2) is 4.84. The molecule has 1 aliphatic rings. The van der Waals surface area contributed by atoms with E-state index in [1.807, 2.05) is 0 Å². The maximum Gasteiger partial charge on any atom is 0.313 e. The van der Waals surface area contributed by atoms with Crippen LogP contribution in [0.5, 0.6) is 0 Å². The normalized spacial score (nSPS) is 17.3. The predicted octanol–water partition coefficient (Wildman–Crippen LogP) is 2.00. The van der Waals surface area contributed by atoms with E-state index in [0.717, 1.165) is 19.3 Å². The molecule has 1 fully saturated rings. The molecule has 2 rings (SSSR count). The largest absolute Gasteiger partial charge is 0.460 e. The number of halogens is 1. The van der Waals surface area contributed by atoms with Crippen molar-refractivity contribution in [3.63, 3.8) is 0 Å². The van der Waals surface area contributed by atoms with Crippen LogP contribution in [0.3, 0.4) is 0 Å². The molecule has 1 aromatic carbocycles. The van der Waals surface area contributed by atoms with Crippen LogP contribution in [0.15, 0.2) is 24.3 Å². The average molecular weight is 237 g/mol. The van der Waals surface area contributed by atoms with Gasteiger partial charge in [-0.25, -0.2) is 4.39 Å². The lowest BCUT2D eigenvalue weighted by Gasteiger charge is -2.37. The lowest BCUT2D eigenvalue weighted by molar-refractivity contribution is -0.162. The first-order valence-electron chi connectivity index (χ1n) is 5.79. The fourth-order valence-electron chi connectivity index (χ4n) is 2.01. The van der Waals surface area contributed by atoms with E-state index in [0.29, 0.717) is 12.1 Å². The fraction of sp³-hybridized carbons (Fsp3) is 0.462. The summed E-state index contributed by atoms with van der Waals surface area (Å²) >= 11 is 0. The van der Waals surface area contributed by atoms with Crippen LogP contribution in [0.2, 0.25) is 0 Å². The quantitative estimate of drug-likeness (QED) is 0.815. The van der Waals surface area contributed by atoms with Crippen LogP contribution >= 0.6 is 0 Å². The van der Waals surface area contributed by atoms with Crippen molar-refractivity contribution in [3.05, 3.63) is 35.6 Å². The van der Waals surface area contributed by atoms with E-state index >= 15 is 0 Å². The van der Waals surface area contributed by atoms with Crippen molar-refractivity contribution >= 4 is 5.97 Å². The topological polar surface area (TPSA) is 52.3 Å². The molecule has 2 N–H and O–H groups in total. The Hall–Kier alpha value is -1.42. The zero-order valence-corrected chi connectivity index (χ0v) is 9.62. The van der Waals surface area contributed by atoms with Crippen molar-refractivity contribution in [2.24, 2.45) is 11.1 Å². The Labute approximate surface area is 99.8 Å². The Morgan fingerprint density at radius 1 is 1.41 bits per heavy atom. The van der Waals surface area contributed by atoms with Crippen molar-refractivity contribution in [3.8, 4) is 0 Å². The van der Waals surface area contributed by atoms with Crippen LogP contribution in [-0.2, 0) is 16.1 Å². The van der Waals surface area contributed by atoms with Gasteiger partial charge in [-0.2, -0.15) is 0 Å². The number of carbonyl (C=O) groups excluding carboxylic acids is 1. The summed E-state index contributed by atoms with van der Waals surface area (Å²) in [4.78, 5) is 11.8. The maximum atomic E-state index is 13.3. The van der Waals surface area contributed by atoms with Crippen molar-refractivity contribution in [2.75, 3.05) is 6.54 Å². The Bertz CT molecular complexity index is 410. The number of hydrogen-bond donors (Lipinski definition) is 1. The highest BCUT2D eigenvalue weighted by Gasteiger charge is 2.44. The highest BCUT2D eigenvalue weighted by atomic mass is 19.1. The molecule has 0 aliphatic heterocycles. The van der Waals surface area contributed by atoms with E-state index in [-0.39, 0.29) is 18.4 Å². The molecule has 0 saturated heterocycles. The zero-order valence-electron chi connectivity index (χ0n) is 9.62. The summed E-state index contributed by atoms with van der Waals surface area (Å²) in [6.07, 6.45) is 2.56. The molecule has 0 radical (unpaired) electrons. The first kappa shape index (κ1) is 12.0. The van der Waals surface area contributed by atoms with E-state index in [9.17, 15) is 9.18 Å². The van der Waals surface area contributed by atoms with Gasteiger partial charge in [0.05, 0.1) is 5.41 Å².